The number of hydrogen-bond donors (Lipinski definition) is 1. The van der Waals surface area contributed by atoms with Crippen molar-refractivity contribution < 1.29 is 4.74 Å². The average Bonchev–Trinajstić information content (AvgIpc) is 2.90. The second-order valence-corrected chi connectivity index (χ2v) is 6.16. The molecule has 3 nitrogen and oxygen atoms in total. The summed E-state index contributed by atoms with van der Waals surface area (Å²) in [4.78, 5) is 6.07. The van der Waals surface area contributed by atoms with Gasteiger partial charge in [0, 0.05) is 17.4 Å². The Kier molecular flexibility index (Phi) is 3.85. The summed E-state index contributed by atoms with van der Waals surface area (Å²) in [6, 6.07) is 0. The molecule has 0 radical (unpaired) electrons. The van der Waals surface area contributed by atoms with Crippen LogP contribution in [0.15, 0.2) is 0 Å². The minimum atomic E-state index is -0.0328. The Morgan fingerprint density at radius 3 is 2.76 bits per heavy atom. The molecule has 1 fully saturated rings. The lowest BCUT2D eigenvalue weighted by Crippen LogP contribution is -2.46. The molecule has 0 amide bonds. The molecule has 17 heavy (non-hydrogen) atoms. The van der Waals surface area contributed by atoms with E-state index in [-0.39, 0.29) is 5.54 Å². The maximum absolute atomic E-state index is 5.54. The average molecular weight is 254 g/mol. The van der Waals surface area contributed by atoms with Gasteiger partial charge >= 0.3 is 0 Å². The van der Waals surface area contributed by atoms with E-state index in [0.717, 1.165) is 31.9 Å². The smallest absolute Gasteiger partial charge is 0.113 e. The minimum absolute atomic E-state index is 0.0328. The zero-order valence-corrected chi connectivity index (χ0v) is 12.0. The van der Waals surface area contributed by atoms with Crippen LogP contribution >= 0.6 is 11.3 Å². The third-order valence-corrected chi connectivity index (χ3v) is 5.07. The Morgan fingerprint density at radius 1 is 1.53 bits per heavy atom. The van der Waals surface area contributed by atoms with Crippen LogP contribution in [0.4, 0.5) is 0 Å². The molecule has 1 saturated heterocycles. The molecule has 0 saturated carbocycles. The van der Waals surface area contributed by atoms with Crippen LogP contribution in [0.25, 0.3) is 0 Å². The second-order valence-electron chi connectivity index (χ2n) is 4.95. The fourth-order valence-electron chi connectivity index (χ4n) is 2.45. The molecule has 2 unspecified atom stereocenters. The minimum Gasteiger partial charge on any atom is -0.381 e. The van der Waals surface area contributed by atoms with Crippen LogP contribution in [0.1, 0.15) is 35.8 Å². The van der Waals surface area contributed by atoms with Crippen LogP contribution in [0.5, 0.6) is 0 Å². The Balaban J connectivity index is 2.32. The topological polar surface area (TPSA) is 34.2 Å². The molecule has 2 atom stereocenters. The van der Waals surface area contributed by atoms with Crippen LogP contribution in [0.2, 0.25) is 0 Å². The SMILES string of the molecule is CCNC(C)(c1nc(C)c(C)s1)C1CCOC1. The Labute approximate surface area is 108 Å². The predicted molar refractivity (Wildman–Crippen MR) is 71.5 cm³/mol. The third kappa shape index (κ3) is 2.39. The van der Waals surface area contributed by atoms with Gasteiger partial charge in [-0.15, -0.1) is 11.3 Å². The fourth-order valence-corrected chi connectivity index (χ4v) is 3.56. The van der Waals surface area contributed by atoms with Crippen LogP contribution in [0.3, 0.4) is 0 Å². The number of nitrogens with zero attached hydrogens (tertiary/aromatic N) is 1. The molecule has 1 aromatic rings. The van der Waals surface area contributed by atoms with E-state index in [1.165, 1.54) is 9.88 Å². The number of aryl methyl sites for hydroxylation is 2. The van der Waals surface area contributed by atoms with Crippen molar-refractivity contribution >= 4 is 11.3 Å². The molecule has 1 aromatic heterocycles. The molecule has 1 aliphatic rings. The predicted octanol–water partition coefficient (Wildman–Crippen LogP) is 2.62. The van der Waals surface area contributed by atoms with Gasteiger partial charge in [0.1, 0.15) is 5.01 Å². The van der Waals surface area contributed by atoms with E-state index < -0.39 is 0 Å². The largest absolute Gasteiger partial charge is 0.381 e. The van der Waals surface area contributed by atoms with Gasteiger partial charge in [-0.3, -0.25) is 0 Å². The molecular formula is C13H22N2OS. The summed E-state index contributed by atoms with van der Waals surface area (Å²) in [7, 11) is 0. The molecule has 2 rings (SSSR count). The number of ether oxygens (including phenoxy) is 1. The molecule has 0 aliphatic carbocycles. The first-order valence-electron chi connectivity index (χ1n) is 6.35. The first kappa shape index (κ1) is 13.0. The highest BCUT2D eigenvalue weighted by Gasteiger charge is 2.40. The van der Waals surface area contributed by atoms with Gasteiger partial charge in [0.15, 0.2) is 0 Å². The van der Waals surface area contributed by atoms with Crippen molar-refractivity contribution in [2.45, 2.75) is 39.7 Å². The van der Waals surface area contributed by atoms with E-state index in [1.807, 2.05) is 11.3 Å². The van der Waals surface area contributed by atoms with Crippen LogP contribution in [-0.2, 0) is 10.3 Å². The molecular weight excluding hydrogens is 232 g/mol. The van der Waals surface area contributed by atoms with E-state index in [4.69, 9.17) is 9.72 Å². The number of hydrogen-bond acceptors (Lipinski definition) is 4. The molecule has 0 bridgehead atoms. The van der Waals surface area contributed by atoms with E-state index in [9.17, 15) is 0 Å². The van der Waals surface area contributed by atoms with Gasteiger partial charge < -0.3 is 10.1 Å². The first-order chi connectivity index (χ1) is 8.08. The number of aromatic nitrogens is 1. The molecule has 0 spiro atoms. The lowest BCUT2D eigenvalue weighted by atomic mass is 9.85. The van der Waals surface area contributed by atoms with Crippen molar-refractivity contribution in [3.05, 3.63) is 15.6 Å². The zero-order valence-electron chi connectivity index (χ0n) is 11.2. The molecule has 2 heterocycles. The highest BCUT2D eigenvalue weighted by Crippen LogP contribution is 2.37. The van der Waals surface area contributed by atoms with E-state index in [0.29, 0.717) is 5.92 Å². The highest BCUT2D eigenvalue weighted by molar-refractivity contribution is 7.11. The van der Waals surface area contributed by atoms with Gasteiger partial charge in [-0.2, -0.15) is 0 Å². The van der Waals surface area contributed by atoms with Crippen LogP contribution in [0, 0.1) is 19.8 Å². The van der Waals surface area contributed by atoms with Crippen molar-refractivity contribution in [2.24, 2.45) is 5.92 Å². The van der Waals surface area contributed by atoms with Gasteiger partial charge in [-0.05, 0) is 33.7 Å². The third-order valence-electron chi connectivity index (χ3n) is 3.76. The van der Waals surface area contributed by atoms with Crippen LogP contribution < -0.4 is 5.32 Å². The summed E-state index contributed by atoms with van der Waals surface area (Å²) in [6.07, 6.45) is 1.13. The normalized spacial score (nSPS) is 23.9. The van der Waals surface area contributed by atoms with Crippen molar-refractivity contribution in [1.29, 1.82) is 0 Å². The summed E-state index contributed by atoms with van der Waals surface area (Å²) in [5.41, 5.74) is 1.13. The molecule has 96 valence electrons. The van der Waals surface area contributed by atoms with Crippen molar-refractivity contribution in [3.8, 4) is 0 Å². The quantitative estimate of drug-likeness (QED) is 0.897. The summed E-state index contributed by atoms with van der Waals surface area (Å²) in [6.45, 7) is 11.4. The van der Waals surface area contributed by atoms with Gasteiger partial charge in [0.05, 0.1) is 17.8 Å². The van der Waals surface area contributed by atoms with Gasteiger partial charge in [0.2, 0.25) is 0 Å². The maximum Gasteiger partial charge on any atom is 0.113 e. The molecule has 1 aliphatic heterocycles. The molecule has 1 N–H and O–H groups in total. The lowest BCUT2D eigenvalue weighted by Gasteiger charge is -2.33. The van der Waals surface area contributed by atoms with E-state index >= 15 is 0 Å². The zero-order chi connectivity index (χ0) is 12.5. The Bertz CT molecular complexity index is 365. The molecule has 0 aromatic carbocycles. The highest BCUT2D eigenvalue weighted by atomic mass is 32.1. The summed E-state index contributed by atoms with van der Waals surface area (Å²) >= 11 is 1.82. The van der Waals surface area contributed by atoms with Gasteiger partial charge in [-0.1, -0.05) is 6.92 Å². The first-order valence-corrected chi connectivity index (χ1v) is 7.17. The fraction of sp³-hybridized carbons (Fsp3) is 0.769. The van der Waals surface area contributed by atoms with Crippen molar-refractivity contribution in [3.63, 3.8) is 0 Å². The lowest BCUT2D eigenvalue weighted by molar-refractivity contribution is 0.153. The number of nitrogens with one attached hydrogen (secondary N) is 1. The Hall–Kier alpha value is -0.450. The number of rotatable bonds is 4. The van der Waals surface area contributed by atoms with E-state index in [2.05, 4.69) is 33.0 Å². The molecule has 4 heteroatoms. The van der Waals surface area contributed by atoms with E-state index in [1.54, 1.807) is 0 Å². The second kappa shape index (κ2) is 5.04. The van der Waals surface area contributed by atoms with Crippen molar-refractivity contribution in [2.75, 3.05) is 19.8 Å². The van der Waals surface area contributed by atoms with Crippen molar-refractivity contribution in [1.82, 2.24) is 10.3 Å². The van der Waals surface area contributed by atoms with Crippen LogP contribution in [-0.4, -0.2) is 24.7 Å². The Morgan fingerprint density at radius 2 is 2.29 bits per heavy atom. The van der Waals surface area contributed by atoms with Gasteiger partial charge in [0.25, 0.3) is 0 Å². The maximum atomic E-state index is 5.54. The monoisotopic (exact) mass is 254 g/mol. The summed E-state index contributed by atoms with van der Waals surface area (Å²) in [5, 5.41) is 4.84. The standard InChI is InChI=1S/C13H22N2OS/c1-5-14-13(4,11-6-7-16-8-11)12-15-9(2)10(3)17-12/h11,14H,5-8H2,1-4H3. The van der Waals surface area contributed by atoms with Gasteiger partial charge in [-0.25, -0.2) is 4.98 Å². The number of thiazole rings is 1. The summed E-state index contributed by atoms with van der Waals surface area (Å²) in [5.74, 6) is 0.535. The summed E-state index contributed by atoms with van der Waals surface area (Å²) < 4.78 is 5.54.